The maximum atomic E-state index is 13.3. The number of halogens is 1. The Labute approximate surface area is 185 Å². The van der Waals surface area contributed by atoms with Gasteiger partial charge in [0.2, 0.25) is 5.75 Å². The summed E-state index contributed by atoms with van der Waals surface area (Å²) in [6, 6.07) is 10.2. The molecule has 9 heteroatoms. The highest BCUT2D eigenvalue weighted by Gasteiger charge is 2.24. The number of unbranched alkanes of at least 4 members (excludes halogenated alkanes) is 1. The Bertz CT molecular complexity index is 1040. The van der Waals surface area contributed by atoms with E-state index in [1.54, 1.807) is 36.4 Å². The van der Waals surface area contributed by atoms with Gasteiger partial charge in [0.1, 0.15) is 0 Å². The molecule has 0 bridgehead atoms. The highest BCUT2D eigenvalue weighted by Crippen LogP contribution is 2.41. The Morgan fingerprint density at radius 1 is 1.06 bits per heavy atom. The number of aromatic nitrogens is 3. The van der Waals surface area contributed by atoms with Gasteiger partial charge in [-0.25, -0.2) is 0 Å². The summed E-state index contributed by atoms with van der Waals surface area (Å²) >= 11 is 6.24. The van der Waals surface area contributed by atoms with E-state index in [1.807, 2.05) is 0 Å². The Morgan fingerprint density at radius 2 is 1.74 bits per heavy atom. The van der Waals surface area contributed by atoms with Crippen molar-refractivity contribution in [1.82, 2.24) is 14.8 Å². The Kier molecular flexibility index (Phi) is 7.36. The second-order valence-corrected chi connectivity index (χ2v) is 6.94. The number of carbonyl (C=O) groups is 1. The van der Waals surface area contributed by atoms with Gasteiger partial charge in [-0.15, -0.1) is 5.10 Å². The monoisotopic (exact) mass is 445 g/mol. The van der Waals surface area contributed by atoms with Gasteiger partial charge in [-0.1, -0.05) is 37.1 Å². The van der Waals surface area contributed by atoms with Gasteiger partial charge in [-0.3, -0.25) is 4.79 Å². The summed E-state index contributed by atoms with van der Waals surface area (Å²) < 4.78 is 23.1. The number of methoxy groups -OCH3 is 3. The normalized spacial score (nSPS) is 10.6. The molecule has 0 saturated heterocycles. The van der Waals surface area contributed by atoms with Gasteiger partial charge in [0.05, 0.1) is 38.5 Å². The molecule has 8 nitrogen and oxygen atoms in total. The fourth-order valence-electron chi connectivity index (χ4n) is 2.95. The summed E-state index contributed by atoms with van der Waals surface area (Å²) in [5, 5.41) is 4.60. The molecule has 0 aliphatic carbocycles. The van der Waals surface area contributed by atoms with E-state index in [0.717, 1.165) is 12.8 Å². The molecule has 0 fully saturated rings. The van der Waals surface area contributed by atoms with E-state index in [9.17, 15) is 4.79 Å². The molecule has 0 aliphatic rings. The number of hydrogen-bond acceptors (Lipinski definition) is 7. The lowest BCUT2D eigenvalue weighted by molar-refractivity contribution is 0.0944. The molecule has 31 heavy (non-hydrogen) atoms. The van der Waals surface area contributed by atoms with Gasteiger partial charge in [0.25, 0.3) is 5.91 Å². The molecule has 3 rings (SSSR count). The molecule has 0 spiro atoms. The van der Waals surface area contributed by atoms with Crippen LogP contribution in [0.15, 0.2) is 36.4 Å². The van der Waals surface area contributed by atoms with Crippen LogP contribution >= 0.6 is 11.6 Å². The van der Waals surface area contributed by atoms with E-state index in [-0.39, 0.29) is 11.8 Å². The largest absolute Gasteiger partial charge is 0.493 e. The standard InChI is InChI=1S/C22H24ClN3O5/c1-5-6-11-31-22-24-20(14-12-17(28-2)19(30-4)18(13-14)29-3)26(25-22)21(27)15-9-7-8-10-16(15)23/h7-10,12-13H,5-6,11H2,1-4H3. The van der Waals surface area contributed by atoms with Gasteiger partial charge in [0.15, 0.2) is 17.3 Å². The number of carbonyl (C=O) groups excluding carboxylic acids is 1. The van der Waals surface area contributed by atoms with E-state index in [0.29, 0.717) is 40.0 Å². The molecule has 164 valence electrons. The number of ether oxygens (including phenoxy) is 4. The first-order chi connectivity index (χ1) is 15.0. The van der Waals surface area contributed by atoms with Crippen LogP contribution in [-0.2, 0) is 0 Å². The third-order valence-electron chi connectivity index (χ3n) is 4.54. The van der Waals surface area contributed by atoms with Crippen LogP contribution in [0.5, 0.6) is 23.3 Å². The van der Waals surface area contributed by atoms with E-state index >= 15 is 0 Å². The summed E-state index contributed by atoms with van der Waals surface area (Å²) in [6.07, 6.45) is 1.80. The Hall–Kier alpha value is -3.26. The summed E-state index contributed by atoms with van der Waals surface area (Å²) in [7, 11) is 4.54. The zero-order valence-corrected chi connectivity index (χ0v) is 18.6. The van der Waals surface area contributed by atoms with Crippen LogP contribution in [0.25, 0.3) is 11.4 Å². The lowest BCUT2D eigenvalue weighted by Crippen LogP contribution is -2.16. The molecular formula is C22H24ClN3O5. The van der Waals surface area contributed by atoms with Gasteiger partial charge in [0, 0.05) is 5.56 Å². The number of benzene rings is 2. The average molecular weight is 446 g/mol. The summed E-state index contributed by atoms with van der Waals surface area (Å²) in [6.45, 7) is 2.49. The number of nitrogens with zero attached hydrogens (tertiary/aromatic N) is 3. The predicted octanol–water partition coefficient (Wildman–Crippen LogP) is 4.49. The second-order valence-electron chi connectivity index (χ2n) is 6.53. The molecule has 0 radical (unpaired) electrons. The smallest absolute Gasteiger partial charge is 0.336 e. The first kappa shape index (κ1) is 22.4. The maximum Gasteiger partial charge on any atom is 0.336 e. The van der Waals surface area contributed by atoms with Gasteiger partial charge in [-0.05, 0) is 30.7 Å². The van der Waals surface area contributed by atoms with E-state index in [4.69, 9.17) is 30.5 Å². The van der Waals surface area contributed by atoms with Crippen LogP contribution in [0.4, 0.5) is 0 Å². The molecule has 3 aromatic rings. The predicted molar refractivity (Wildman–Crippen MR) is 117 cm³/mol. The Balaban J connectivity index is 2.14. The summed E-state index contributed by atoms with van der Waals surface area (Å²) in [5.41, 5.74) is 0.829. The Morgan fingerprint density at radius 3 is 2.32 bits per heavy atom. The highest BCUT2D eigenvalue weighted by atomic mass is 35.5. The van der Waals surface area contributed by atoms with Gasteiger partial charge < -0.3 is 18.9 Å². The van der Waals surface area contributed by atoms with Crippen molar-refractivity contribution in [2.45, 2.75) is 19.8 Å². The molecule has 0 atom stereocenters. The van der Waals surface area contributed by atoms with E-state index in [2.05, 4.69) is 17.0 Å². The molecule has 1 aromatic heterocycles. The van der Waals surface area contributed by atoms with Gasteiger partial charge >= 0.3 is 6.01 Å². The SMILES string of the molecule is CCCCOc1nc(-c2cc(OC)c(OC)c(OC)c2)n(C(=O)c2ccccc2Cl)n1. The molecule has 2 aromatic carbocycles. The maximum absolute atomic E-state index is 13.3. The molecule has 1 heterocycles. The fraction of sp³-hybridized carbons (Fsp3) is 0.318. The second kappa shape index (κ2) is 10.2. The first-order valence-corrected chi connectivity index (χ1v) is 10.1. The third-order valence-corrected chi connectivity index (χ3v) is 4.87. The van der Waals surface area contributed by atoms with Crippen molar-refractivity contribution >= 4 is 17.5 Å². The van der Waals surface area contributed by atoms with Crippen molar-refractivity contribution in [3.8, 4) is 34.6 Å². The minimum atomic E-state index is -0.438. The van der Waals surface area contributed by atoms with E-state index in [1.165, 1.54) is 26.0 Å². The van der Waals surface area contributed by atoms with Crippen LogP contribution in [0, 0.1) is 0 Å². The lowest BCUT2D eigenvalue weighted by atomic mass is 10.1. The minimum absolute atomic E-state index is 0.0950. The van der Waals surface area contributed by atoms with Crippen molar-refractivity contribution < 1.29 is 23.7 Å². The lowest BCUT2D eigenvalue weighted by Gasteiger charge is -2.14. The van der Waals surface area contributed by atoms with Crippen molar-refractivity contribution in [3.05, 3.63) is 47.0 Å². The van der Waals surface area contributed by atoms with Crippen LogP contribution < -0.4 is 18.9 Å². The van der Waals surface area contributed by atoms with Gasteiger partial charge in [-0.2, -0.15) is 9.67 Å². The third kappa shape index (κ3) is 4.74. The average Bonchev–Trinajstić information content (AvgIpc) is 3.22. The topological polar surface area (TPSA) is 84.7 Å². The first-order valence-electron chi connectivity index (χ1n) is 9.73. The van der Waals surface area contributed by atoms with Crippen LogP contribution in [0.1, 0.15) is 30.1 Å². The van der Waals surface area contributed by atoms with Crippen LogP contribution in [0.2, 0.25) is 5.02 Å². The molecule has 0 aliphatic heterocycles. The number of rotatable bonds is 9. The fourth-order valence-corrected chi connectivity index (χ4v) is 3.17. The highest BCUT2D eigenvalue weighted by molar-refractivity contribution is 6.33. The zero-order valence-electron chi connectivity index (χ0n) is 17.8. The molecule has 0 unspecified atom stereocenters. The van der Waals surface area contributed by atoms with Crippen LogP contribution in [-0.4, -0.2) is 48.6 Å². The molecule has 0 amide bonds. The van der Waals surface area contributed by atoms with Crippen LogP contribution in [0.3, 0.4) is 0 Å². The number of hydrogen-bond donors (Lipinski definition) is 0. The van der Waals surface area contributed by atoms with Crippen molar-refractivity contribution in [2.75, 3.05) is 27.9 Å². The molecule has 0 N–H and O–H groups in total. The van der Waals surface area contributed by atoms with Crippen molar-refractivity contribution in [1.29, 1.82) is 0 Å². The zero-order chi connectivity index (χ0) is 22.4. The summed E-state index contributed by atoms with van der Waals surface area (Å²) in [4.78, 5) is 17.7. The quantitative estimate of drug-likeness (QED) is 0.448. The minimum Gasteiger partial charge on any atom is -0.493 e. The van der Waals surface area contributed by atoms with Crippen molar-refractivity contribution in [3.63, 3.8) is 0 Å². The molecular weight excluding hydrogens is 422 g/mol. The van der Waals surface area contributed by atoms with E-state index < -0.39 is 5.91 Å². The summed E-state index contributed by atoms with van der Waals surface area (Å²) in [5.74, 6) is 1.09. The molecule has 0 saturated carbocycles. The van der Waals surface area contributed by atoms with Crippen molar-refractivity contribution in [2.24, 2.45) is 0 Å².